The van der Waals surface area contributed by atoms with Crippen LogP contribution in [0.25, 0.3) is 0 Å². The minimum absolute atomic E-state index is 0.0657. The molecule has 0 aromatic carbocycles. The second-order valence-electron chi connectivity index (χ2n) is 2.74. The van der Waals surface area contributed by atoms with E-state index in [1.807, 2.05) is 0 Å². The molecule has 1 rings (SSSR count). The van der Waals surface area contributed by atoms with Gasteiger partial charge in [0.25, 0.3) is 0 Å². The van der Waals surface area contributed by atoms with E-state index in [4.69, 9.17) is 5.73 Å². The maximum Gasteiger partial charge on any atom is 0.573 e. The Morgan fingerprint density at radius 1 is 1.59 bits per heavy atom. The van der Waals surface area contributed by atoms with Crippen LogP contribution in [0.3, 0.4) is 0 Å². The van der Waals surface area contributed by atoms with Gasteiger partial charge in [-0.1, -0.05) is 0 Å². The zero-order valence-corrected chi connectivity index (χ0v) is 10.2. The number of hydrogen-bond donors (Lipinski definition) is 1. The summed E-state index contributed by atoms with van der Waals surface area (Å²) in [6.07, 6.45) is -3.98. The highest BCUT2D eigenvalue weighted by molar-refractivity contribution is 14.1. The number of pyridine rings is 1. The molecule has 94 valence electrons. The lowest BCUT2D eigenvalue weighted by Crippen LogP contribution is -2.20. The van der Waals surface area contributed by atoms with Crippen LogP contribution in [0.4, 0.5) is 18.9 Å². The van der Waals surface area contributed by atoms with Crippen LogP contribution in [0.5, 0.6) is 5.75 Å². The maximum atomic E-state index is 12.1. The molecule has 1 aromatic rings. The molecular weight excluding hydrogens is 358 g/mol. The summed E-state index contributed by atoms with van der Waals surface area (Å²) < 4.78 is 39.9. The Kier molecular flexibility index (Phi) is 4.08. The SMILES string of the molecule is NCc1ncc(I)c([N+](=O)[O-])c1OC(F)(F)F. The maximum absolute atomic E-state index is 12.1. The molecule has 10 heteroatoms. The first-order valence-corrected chi connectivity index (χ1v) is 5.11. The summed E-state index contributed by atoms with van der Waals surface area (Å²) in [6.45, 7) is -0.400. The molecular formula is C7H5F3IN3O3. The fraction of sp³-hybridized carbons (Fsp3) is 0.286. The van der Waals surface area contributed by atoms with Crippen molar-refractivity contribution in [1.82, 2.24) is 4.98 Å². The predicted octanol–water partition coefficient (Wildman–Crippen LogP) is 1.95. The summed E-state index contributed by atoms with van der Waals surface area (Å²) in [4.78, 5) is 13.3. The predicted molar refractivity (Wildman–Crippen MR) is 58.2 cm³/mol. The topological polar surface area (TPSA) is 91.3 Å². The average molecular weight is 363 g/mol. The molecule has 0 bridgehead atoms. The first-order chi connectivity index (χ1) is 7.76. The molecule has 0 atom stereocenters. The molecule has 0 unspecified atom stereocenters. The second-order valence-corrected chi connectivity index (χ2v) is 3.90. The van der Waals surface area contributed by atoms with E-state index < -0.39 is 29.3 Å². The van der Waals surface area contributed by atoms with Gasteiger partial charge in [-0.05, 0) is 22.6 Å². The third-order valence-electron chi connectivity index (χ3n) is 1.63. The molecule has 1 heterocycles. The van der Waals surface area contributed by atoms with Gasteiger partial charge in [0.05, 0.1) is 4.92 Å². The quantitative estimate of drug-likeness (QED) is 0.504. The van der Waals surface area contributed by atoms with Gasteiger partial charge in [-0.2, -0.15) is 0 Å². The molecule has 0 amide bonds. The number of nitrogens with zero attached hydrogens (tertiary/aromatic N) is 2. The third-order valence-corrected chi connectivity index (χ3v) is 2.42. The van der Waals surface area contributed by atoms with Gasteiger partial charge in [0.2, 0.25) is 5.75 Å². The third kappa shape index (κ3) is 3.39. The number of ether oxygens (including phenoxy) is 1. The smallest absolute Gasteiger partial charge is 0.396 e. The molecule has 0 spiro atoms. The van der Waals surface area contributed by atoms with E-state index in [9.17, 15) is 23.3 Å². The molecule has 6 nitrogen and oxygen atoms in total. The lowest BCUT2D eigenvalue weighted by atomic mass is 10.3. The first-order valence-electron chi connectivity index (χ1n) is 4.04. The number of alkyl halides is 3. The Labute approximate surface area is 106 Å². The van der Waals surface area contributed by atoms with Gasteiger partial charge >= 0.3 is 12.0 Å². The summed E-state index contributed by atoms with van der Waals surface area (Å²) in [5, 5.41) is 10.7. The van der Waals surface area contributed by atoms with E-state index in [1.54, 1.807) is 0 Å². The number of nitro groups is 1. The van der Waals surface area contributed by atoms with Crippen LogP contribution in [0.1, 0.15) is 5.69 Å². The van der Waals surface area contributed by atoms with Crippen LogP contribution in [-0.2, 0) is 6.54 Å². The average Bonchev–Trinajstić information content (AvgIpc) is 2.15. The van der Waals surface area contributed by atoms with E-state index in [0.29, 0.717) is 0 Å². The summed E-state index contributed by atoms with van der Waals surface area (Å²) in [5.74, 6) is -0.961. The van der Waals surface area contributed by atoms with Crippen molar-refractivity contribution < 1.29 is 22.8 Å². The summed E-state index contributed by atoms with van der Waals surface area (Å²) >= 11 is 1.49. The molecule has 0 fully saturated rings. The monoisotopic (exact) mass is 363 g/mol. The summed E-state index contributed by atoms with van der Waals surface area (Å²) in [7, 11) is 0. The van der Waals surface area contributed by atoms with Gasteiger partial charge in [-0.25, -0.2) is 0 Å². The van der Waals surface area contributed by atoms with Crippen LogP contribution in [0.2, 0.25) is 0 Å². The standard InChI is InChI=1S/C7H5F3IN3O3/c8-7(9,10)17-6-4(1-12)13-2-3(11)5(6)14(15)16/h2H,1,12H2. The normalized spacial score (nSPS) is 11.4. The van der Waals surface area contributed by atoms with Crippen molar-refractivity contribution in [1.29, 1.82) is 0 Å². The molecule has 17 heavy (non-hydrogen) atoms. The minimum atomic E-state index is -5.04. The van der Waals surface area contributed by atoms with E-state index in [1.165, 1.54) is 22.6 Å². The lowest BCUT2D eigenvalue weighted by molar-refractivity contribution is -0.389. The second kappa shape index (κ2) is 5.00. The van der Waals surface area contributed by atoms with Crippen molar-refractivity contribution in [3.05, 3.63) is 25.6 Å². The molecule has 2 N–H and O–H groups in total. The van der Waals surface area contributed by atoms with Crippen molar-refractivity contribution in [2.75, 3.05) is 0 Å². The van der Waals surface area contributed by atoms with Gasteiger partial charge in [-0.15, -0.1) is 13.2 Å². The molecule has 0 aliphatic carbocycles. The number of aromatic nitrogens is 1. The Morgan fingerprint density at radius 2 is 2.18 bits per heavy atom. The van der Waals surface area contributed by atoms with Gasteiger partial charge < -0.3 is 10.5 Å². The minimum Gasteiger partial charge on any atom is -0.396 e. The van der Waals surface area contributed by atoms with E-state index in [2.05, 4.69) is 9.72 Å². The highest BCUT2D eigenvalue weighted by Gasteiger charge is 2.37. The zero-order chi connectivity index (χ0) is 13.2. The molecule has 0 aliphatic rings. The van der Waals surface area contributed by atoms with Crippen LogP contribution >= 0.6 is 22.6 Å². The zero-order valence-electron chi connectivity index (χ0n) is 7.99. The Morgan fingerprint density at radius 3 is 2.59 bits per heavy atom. The first kappa shape index (κ1) is 13.9. The fourth-order valence-corrected chi connectivity index (χ4v) is 1.62. The molecule has 0 saturated heterocycles. The van der Waals surface area contributed by atoms with Gasteiger partial charge in [-0.3, -0.25) is 15.1 Å². The summed E-state index contributed by atoms with van der Waals surface area (Å²) in [6, 6.07) is 0. The van der Waals surface area contributed by atoms with Crippen LogP contribution in [0, 0.1) is 13.7 Å². The number of rotatable bonds is 3. The highest BCUT2D eigenvalue weighted by Crippen LogP contribution is 2.37. The number of hydrogen-bond acceptors (Lipinski definition) is 5. The van der Waals surface area contributed by atoms with Crippen molar-refractivity contribution in [2.24, 2.45) is 5.73 Å². The van der Waals surface area contributed by atoms with Gasteiger partial charge in [0, 0.05) is 12.7 Å². The number of nitrogens with two attached hydrogens (primary N) is 1. The van der Waals surface area contributed by atoms with Crippen molar-refractivity contribution in [3.8, 4) is 5.75 Å². The van der Waals surface area contributed by atoms with E-state index in [-0.39, 0.29) is 9.26 Å². The van der Waals surface area contributed by atoms with Crippen LogP contribution in [-0.4, -0.2) is 16.3 Å². The van der Waals surface area contributed by atoms with Gasteiger partial charge in [0.1, 0.15) is 9.26 Å². The van der Waals surface area contributed by atoms with Gasteiger partial charge in [0.15, 0.2) is 0 Å². The largest absolute Gasteiger partial charge is 0.573 e. The highest BCUT2D eigenvalue weighted by atomic mass is 127. The van der Waals surface area contributed by atoms with Crippen molar-refractivity contribution in [3.63, 3.8) is 0 Å². The van der Waals surface area contributed by atoms with E-state index >= 15 is 0 Å². The Hall–Kier alpha value is -1.17. The summed E-state index contributed by atoms with van der Waals surface area (Å²) in [5.41, 5.74) is 4.04. The molecule has 0 saturated carbocycles. The van der Waals surface area contributed by atoms with E-state index in [0.717, 1.165) is 6.20 Å². The van der Waals surface area contributed by atoms with Crippen LogP contribution < -0.4 is 10.5 Å². The van der Waals surface area contributed by atoms with Crippen molar-refractivity contribution in [2.45, 2.75) is 12.9 Å². The molecule has 0 radical (unpaired) electrons. The molecule has 1 aromatic heterocycles. The Balaban J connectivity index is 3.40. The number of halogens is 4. The lowest BCUT2D eigenvalue weighted by Gasteiger charge is -2.12. The fourth-order valence-electron chi connectivity index (χ4n) is 1.04. The van der Waals surface area contributed by atoms with Crippen molar-refractivity contribution >= 4 is 28.3 Å². The van der Waals surface area contributed by atoms with Crippen LogP contribution in [0.15, 0.2) is 6.20 Å². The Bertz CT molecular complexity index is 452. The molecule has 0 aliphatic heterocycles.